The molecule has 0 aliphatic heterocycles. The fourth-order valence-electron chi connectivity index (χ4n) is 3.19. The van der Waals surface area contributed by atoms with Crippen LogP contribution in [0.2, 0.25) is 0 Å². The number of aryl methyl sites for hydroxylation is 2. The first kappa shape index (κ1) is 18.1. The molecule has 5 nitrogen and oxygen atoms in total. The van der Waals surface area contributed by atoms with Crippen molar-refractivity contribution >= 4 is 17.5 Å². The average Bonchev–Trinajstić information content (AvgIpc) is 2.62. The molecule has 0 spiro atoms. The largest absolute Gasteiger partial charge is 0.352 e. The highest BCUT2D eigenvalue weighted by molar-refractivity contribution is 5.94. The van der Waals surface area contributed by atoms with Crippen LogP contribution in [0.15, 0.2) is 42.0 Å². The minimum atomic E-state index is -0.0318. The second-order valence-corrected chi connectivity index (χ2v) is 6.79. The average molecular weight is 350 g/mol. The van der Waals surface area contributed by atoms with E-state index in [-0.39, 0.29) is 5.91 Å². The van der Waals surface area contributed by atoms with Crippen molar-refractivity contribution in [2.45, 2.75) is 46.0 Å². The zero-order valence-electron chi connectivity index (χ0n) is 15.5. The summed E-state index contributed by atoms with van der Waals surface area (Å²) in [6.45, 7) is 4.58. The summed E-state index contributed by atoms with van der Waals surface area (Å²) < 4.78 is 0. The van der Waals surface area contributed by atoms with Gasteiger partial charge in [0.2, 0.25) is 5.95 Å². The van der Waals surface area contributed by atoms with Gasteiger partial charge in [0.05, 0.1) is 0 Å². The molecule has 1 aromatic heterocycles. The first-order valence-electron chi connectivity index (χ1n) is 9.25. The number of amides is 1. The molecule has 1 aliphatic carbocycles. The minimum absolute atomic E-state index is 0.0318. The Kier molecular flexibility index (Phi) is 6.00. The molecule has 1 heterocycles. The van der Waals surface area contributed by atoms with Gasteiger partial charge < -0.3 is 10.6 Å². The van der Waals surface area contributed by atoms with Crippen LogP contribution in [0.1, 0.15) is 53.8 Å². The van der Waals surface area contributed by atoms with E-state index in [1.807, 2.05) is 44.2 Å². The van der Waals surface area contributed by atoms with Crippen molar-refractivity contribution in [3.8, 4) is 0 Å². The van der Waals surface area contributed by atoms with Crippen molar-refractivity contribution in [3.05, 3.63) is 58.9 Å². The van der Waals surface area contributed by atoms with E-state index in [9.17, 15) is 4.79 Å². The Morgan fingerprint density at radius 2 is 1.81 bits per heavy atom. The molecule has 5 heteroatoms. The van der Waals surface area contributed by atoms with Crippen LogP contribution in [0.4, 0.5) is 11.6 Å². The smallest absolute Gasteiger partial charge is 0.251 e. The van der Waals surface area contributed by atoms with Gasteiger partial charge in [-0.05, 0) is 76.3 Å². The predicted octanol–water partition coefficient (Wildman–Crippen LogP) is 4.46. The second-order valence-electron chi connectivity index (χ2n) is 6.79. The Hall–Kier alpha value is -2.69. The number of anilines is 2. The maximum Gasteiger partial charge on any atom is 0.251 e. The Bertz CT molecular complexity index is 776. The molecule has 0 fully saturated rings. The van der Waals surface area contributed by atoms with Crippen LogP contribution in [-0.4, -0.2) is 22.4 Å². The third-order valence-electron chi connectivity index (χ3n) is 4.50. The fourth-order valence-corrected chi connectivity index (χ4v) is 3.19. The number of carbonyl (C=O) groups excluding carboxylic acids is 1. The van der Waals surface area contributed by atoms with Crippen molar-refractivity contribution in [1.82, 2.24) is 15.3 Å². The van der Waals surface area contributed by atoms with E-state index >= 15 is 0 Å². The van der Waals surface area contributed by atoms with Crippen LogP contribution >= 0.6 is 0 Å². The molecule has 0 radical (unpaired) electrons. The first-order valence-corrected chi connectivity index (χ1v) is 9.25. The fraction of sp³-hybridized carbons (Fsp3) is 0.381. The van der Waals surface area contributed by atoms with Gasteiger partial charge in [-0.2, -0.15) is 0 Å². The van der Waals surface area contributed by atoms with Crippen LogP contribution < -0.4 is 10.6 Å². The van der Waals surface area contributed by atoms with E-state index in [1.165, 1.54) is 31.3 Å². The highest BCUT2D eigenvalue weighted by Gasteiger charge is 2.08. The van der Waals surface area contributed by atoms with Crippen molar-refractivity contribution in [3.63, 3.8) is 0 Å². The number of nitrogens with zero attached hydrogens (tertiary/aromatic N) is 2. The van der Waals surface area contributed by atoms with Crippen molar-refractivity contribution < 1.29 is 4.79 Å². The van der Waals surface area contributed by atoms with Gasteiger partial charge in [-0.15, -0.1) is 0 Å². The van der Waals surface area contributed by atoms with E-state index in [0.29, 0.717) is 18.1 Å². The summed E-state index contributed by atoms with van der Waals surface area (Å²) in [6.07, 6.45) is 8.21. The minimum Gasteiger partial charge on any atom is -0.352 e. The van der Waals surface area contributed by atoms with Gasteiger partial charge in [0, 0.05) is 29.2 Å². The molecular formula is C21H26N4O. The number of allylic oxidation sites excluding steroid dienone is 1. The molecule has 0 saturated heterocycles. The molecule has 1 aromatic carbocycles. The lowest BCUT2D eigenvalue weighted by atomic mass is 9.97. The van der Waals surface area contributed by atoms with Gasteiger partial charge >= 0.3 is 0 Å². The Morgan fingerprint density at radius 3 is 2.46 bits per heavy atom. The summed E-state index contributed by atoms with van der Waals surface area (Å²) in [5, 5.41) is 6.18. The number of rotatable bonds is 6. The third kappa shape index (κ3) is 5.15. The Morgan fingerprint density at radius 1 is 1.08 bits per heavy atom. The summed E-state index contributed by atoms with van der Waals surface area (Å²) in [4.78, 5) is 21.0. The second kappa shape index (κ2) is 8.61. The number of carbonyl (C=O) groups is 1. The summed E-state index contributed by atoms with van der Waals surface area (Å²) in [6, 6.07) is 9.32. The SMILES string of the molecule is Cc1cc(C)nc(Nc2ccc(C(=O)NCCC3=CCCCC3)cc2)n1. The normalized spacial score (nSPS) is 13.8. The van der Waals surface area contributed by atoms with Crippen molar-refractivity contribution in [2.75, 3.05) is 11.9 Å². The number of nitrogens with one attached hydrogen (secondary N) is 2. The standard InChI is InChI=1S/C21H26N4O/c1-15-14-16(2)24-21(23-15)25-19-10-8-18(9-11-19)20(26)22-13-12-17-6-4-3-5-7-17/h6,8-11,14H,3-5,7,12-13H2,1-2H3,(H,22,26)(H,23,24,25). The van der Waals surface area contributed by atoms with E-state index < -0.39 is 0 Å². The Labute approximate surface area is 155 Å². The predicted molar refractivity (Wildman–Crippen MR) is 105 cm³/mol. The van der Waals surface area contributed by atoms with E-state index in [0.717, 1.165) is 23.5 Å². The van der Waals surface area contributed by atoms with Crippen molar-refractivity contribution in [1.29, 1.82) is 0 Å². The molecule has 2 N–H and O–H groups in total. The van der Waals surface area contributed by atoms with Gasteiger partial charge in [0.25, 0.3) is 5.91 Å². The molecule has 1 aliphatic rings. The lowest BCUT2D eigenvalue weighted by Crippen LogP contribution is -2.24. The molecular weight excluding hydrogens is 324 g/mol. The van der Waals surface area contributed by atoms with Crippen LogP contribution in [0.25, 0.3) is 0 Å². The first-order chi connectivity index (χ1) is 12.6. The van der Waals surface area contributed by atoms with Crippen LogP contribution in [0, 0.1) is 13.8 Å². The number of hydrogen-bond acceptors (Lipinski definition) is 4. The van der Waals surface area contributed by atoms with Gasteiger partial charge in [0.1, 0.15) is 0 Å². The number of benzene rings is 1. The molecule has 1 amide bonds. The number of hydrogen-bond donors (Lipinski definition) is 2. The maximum absolute atomic E-state index is 12.3. The summed E-state index contributed by atoms with van der Waals surface area (Å²) >= 11 is 0. The molecule has 136 valence electrons. The van der Waals surface area contributed by atoms with Gasteiger partial charge in [0.15, 0.2) is 0 Å². The van der Waals surface area contributed by atoms with E-state index in [4.69, 9.17) is 0 Å². The molecule has 0 atom stereocenters. The van der Waals surface area contributed by atoms with E-state index in [2.05, 4.69) is 26.7 Å². The molecule has 0 saturated carbocycles. The highest BCUT2D eigenvalue weighted by Crippen LogP contribution is 2.19. The lowest BCUT2D eigenvalue weighted by Gasteiger charge is -2.13. The molecule has 0 bridgehead atoms. The number of aromatic nitrogens is 2. The topological polar surface area (TPSA) is 66.9 Å². The Balaban J connectivity index is 1.53. The summed E-state index contributed by atoms with van der Waals surface area (Å²) in [5.74, 6) is 0.538. The monoisotopic (exact) mass is 350 g/mol. The molecule has 26 heavy (non-hydrogen) atoms. The van der Waals surface area contributed by atoms with Crippen molar-refractivity contribution in [2.24, 2.45) is 0 Å². The van der Waals surface area contributed by atoms with Gasteiger partial charge in [-0.25, -0.2) is 9.97 Å². The lowest BCUT2D eigenvalue weighted by molar-refractivity contribution is 0.0954. The molecule has 2 aromatic rings. The highest BCUT2D eigenvalue weighted by atomic mass is 16.1. The quantitative estimate of drug-likeness (QED) is 0.755. The zero-order valence-corrected chi connectivity index (χ0v) is 15.5. The summed E-state index contributed by atoms with van der Waals surface area (Å²) in [7, 11) is 0. The zero-order chi connectivity index (χ0) is 18.4. The van der Waals surface area contributed by atoms with Crippen LogP contribution in [0.3, 0.4) is 0 Å². The van der Waals surface area contributed by atoms with Gasteiger partial charge in [-0.1, -0.05) is 11.6 Å². The molecule has 3 rings (SSSR count). The van der Waals surface area contributed by atoms with Gasteiger partial charge in [-0.3, -0.25) is 4.79 Å². The van der Waals surface area contributed by atoms with Crippen LogP contribution in [0.5, 0.6) is 0 Å². The van der Waals surface area contributed by atoms with E-state index in [1.54, 1.807) is 0 Å². The molecule has 0 unspecified atom stereocenters. The summed E-state index contributed by atoms with van der Waals surface area (Å²) in [5.41, 5.74) is 4.84. The maximum atomic E-state index is 12.3. The van der Waals surface area contributed by atoms with Crippen LogP contribution in [-0.2, 0) is 0 Å². The third-order valence-corrected chi connectivity index (χ3v) is 4.50.